The molecule has 74 valence electrons. The summed E-state index contributed by atoms with van der Waals surface area (Å²) in [5.74, 6) is 0.803. The second kappa shape index (κ2) is 3.67. The molecule has 0 saturated carbocycles. The molecule has 0 aliphatic carbocycles. The number of hydrogen-bond acceptors (Lipinski definition) is 3. The van der Waals surface area contributed by atoms with Crippen molar-refractivity contribution in [2.75, 3.05) is 13.7 Å². The normalized spacial score (nSPS) is 10.7. The van der Waals surface area contributed by atoms with E-state index in [1.165, 1.54) is 0 Å². The molecule has 0 radical (unpaired) electrons. The van der Waals surface area contributed by atoms with Gasteiger partial charge in [-0.05, 0) is 12.1 Å². The third kappa shape index (κ3) is 1.44. The summed E-state index contributed by atoms with van der Waals surface area (Å²) in [4.78, 5) is 0. The Hall–Kier alpha value is -1.55. The van der Waals surface area contributed by atoms with Crippen LogP contribution in [-0.4, -0.2) is 28.6 Å². The number of benzene rings is 1. The van der Waals surface area contributed by atoms with Crippen molar-refractivity contribution in [1.82, 2.24) is 9.78 Å². The van der Waals surface area contributed by atoms with E-state index in [4.69, 9.17) is 9.84 Å². The SMILES string of the molecule is COc1ccc2cnn(CCO)c2c1. The van der Waals surface area contributed by atoms with Crippen LogP contribution in [0.5, 0.6) is 5.75 Å². The molecule has 0 atom stereocenters. The molecule has 1 aromatic heterocycles. The van der Waals surface area contributed by atoms with Crippen LogP contribution in [0.3, 0.4) is 0 Å². The maximum Gasteiger partial charge on any atom is 0.121 e. The van der Waals surface area contributed by atoms with Gasteiger partial charge in [-0.1, -0.05) is 0 Å². The summed E-state index contributed by atoms with van der Waals surface area (Å²) < 4.78 is 6.88. The van der Waals surface area contributed by atoms with E-state index in [0.29, 0.717) is 6.54 Å². The first-order valence-electron chi connectivity index (χ1n) is 4.45. The minimum atomic E-state index is 0.0913. The number of nitrogens with zero attached hydrogens (tertiary/aromatic N) is 2. The maximum atomic E-state index is 8.83. The lowest BCUT2D eigenvalue weighted by atomic mass is 10.2. The van der Waals surface area contributed by atoms with Crippen LogP contribution in [0.4, 0.5) is 0 Å². The number of ether oxygens (including phenoxy) is 1. The van der Waals surface area contributed by atoms with Gasteiger partial charge in [0.2, 0.25) is 0 Å². The second-order valence-electron chi connectivity index (χ2n) is 3.02. The molecule has 4 nitrogen and oxygen atoms in total. The van der Waals surface area contributed by atoms with Crippen LogP contribution in [0.15, 0.2) is 24.4 Å². The van der Waals surface area contributed by atoms with Gasteiger partial charge in [0.25, 0.3) is 0 Å². The van der Waals surface area contributed by atoms with Gasteiger partial charge in [-0.25, -0.2) is 0 Å². The van der Waals surface area contributed by atoms with Crippen molar-refractivity contribution in [2.24, 2.45) is 0 Å². The summed E-state index contributed by atoms with van der Waals surface area (Å²) in [5.41, 5.74) is 0.985. The Labute approximate surface area is 81.7 Å². The molecule has 1 aromatic carbocycles. The van der Waals surface area contributed by atoms with Crippen LogP contribution in [0.2, 0.25) is 0 Å². The zero-order valence-electron chi connectivity index (χ0n) is 7.97. The Morgan fingerprint density at radius 2 is 2.36 bits per heavy atom. The summed E-state index contributed by atoms with van der Waals surface area (Å²) in [5, 5.41) is 14.0. The predicted molar refractivity (Wildman–Crippen MR) is 53.4 cm³/mol. The van der Waals surface area contributed by atoms with Gasteiger partial charge in [0.15, 0.2) is 0 Å². The van der Waals surface area contributed by atoms with Gasteiger partial charge >= 0.3 is 0 Å². The Morgan fingerprint density at radius 3 is 3.07 bits per heavy atom. The van der Waals surface area contributed by atoms with Crippen LogP contribution < -0.4 is 4.74 Å². The van der Waals surface area contributed by atoms with Gasteiger partial charge in [0, 0.05) is 11.5 Å². The molecule has 0 aliphatic rings. The van der Waals surface area contributed by atoms with E-state index in [0.717, 1.165) is 16.7 Å². The number of aliphatic hydroxyl groups excluding tert-OH is 1. The summed E-state index contributed by atoms with van der Waals surface area (Å²) in [6.45, 7) is 0.602. The second-order valence-corrected chi connectivity index (χ2v) is 3.02. The number of hydrogen-bond donors (Lipinski definition) is 1. The van der Waals surface area contributed by atoms with Gasteiger partial charge in [0.05, 0.1) is 32.0 Å². The van der Waals surface area contributed by atoms with E-state index in [1.807, 2.05) is 18.2 Å². The molecule has 0 amide bonds. The lowest BCUT2D eigenvalue weighted by Crippen LogP contribution is -2.03. The fourth-order valence-electron chi connectivity index (χ4n) is 1.45. The molecule has 2 rings (SSSR count). The van der Waals surface area contributed by atoms with Crippen molar-refractivity contribution < 1.29 is 9.84 Å². The number of fused-ring (bicyclic) bond motifs is 1. The summed E-state index contributed by atoms with van der Waals surface area (Å²) >= 11 is 0. The summed E-state index contributed by atoms with van der Waals surface area (Å²) in [6.07, 6.45) is 1.78. The summed E-state index contributed by atoms with van der Waals surface area (Å²) in [6, 6.07) is 5.76. The number of aromatic nitrogens is 2. The quantitative estimate of drug-likeness (QED) is 0.790. The van der Waals surface area contributed by atoms with Gasteiger partial charge in [0.1, 0.15) is 5.75 Å². The van der Waals surface area contributed by atoms with Crippen LogP contribution in [0.1, 0.15) is 0 Å². The van der Waals surface area contributed by atoms with Crippen molar-refractivity contribution in [2.45, 2.75) is 6.54 Å². The van der Waals surface area contributed by atoms with E-state index >= 15 is 0 Å². The van der Waals surface area contributed by atoms with Crippen LogP contribution in [0, 0.1) is 0 Å². The van der Waals surface area contributed by atoms with Gasteiger partial charge in [-0.3, -0.25) is 4.68 Å². The van der Waals surface area contributed by atoms with E-state index in [9.17, 15) is 0 Å². The molecule has 0 unspecified atom stereocenters. The van der Waals surface area contributed by atoms with Crippen molar-refractivity contribution in [3.8, 4) is 5.75 Å². The van der Waals surface area contributed by atoms with Crippen LogP contribution in [-0.2, 0) is 6.54 Å². The number of aliphatic hydroxyl groups is 1. The third-order valence-electron chi connectivity index (χ3n) is 2.16. The number of methoxy groups -OCH3 is 1. The average molecular weight is 192 g/mol. The van der Waals surface area contributed by atoms with Gasteiger partial charge in [-0.15, -0.1) is 0 Å². The van der Waals surface area contributed by atoms with E-state index in [1.54, 1.807) is 18.0 Å². The van der Waals surface area contributed by atoms with E-state index in [-0.39, 0.29) is 6.61 Å². The third-order valence-corrected chi connectivity index (χ3v) is 2.16. The highest BCUT2D eigenvalue weighted by molar-refractivity contribution is 5.80. The zero-order chi connectivity index (χ0) is 9.97. The molecule has 0 bridgehead atoms. The Morgan fingerprint density at radius 1 is 1.50 bits per heavy atom. The fraction of sp³-hybridized carbons (Fsp3) is 0.300. The highest BCUT2D eigenvalue weighted by Crippen LogP contribution is 2.20. The van der Waals surface area contributed by atoms with Crippen LogP contribution >= 0.6 is 0 Å². The fourth-order valence-corrected chi connectivity index (χ4v) is 1.45. The highest BCUT2D eigenvalue weighted by Gasteiger charge is 2.02. The van der Waals surface area contributed by atoms with Gasteiger partial charge < -0.3 is 9.84 Å². The predicted octanol–water partition coefficient (Wildman–Crippen LogP) is 1.04. The molecule has 0 saturated heterocycles. The largest absolute Gasteiger partial charge is 0.497 e. The maximum absolute atomic E-state index is 8.83. The van der Waals surface area contributed by atoms with E-state index in [2.05, 4.69) is 5.10 Å². The lowest BCUT2D eigenvalue weighted by Gasteiger charge is -2.02. The monoisotopic (exact) mass is 192 g/mol. The van der Waals surface area contributed by atoms with Crippen molar-refractivity contribution >= 4 is 10.9 Å². The Balaban J connectivity index is 2.52. The molecule has 0 aliphatic heterocycles. The molecule has 4 heteroatoms. The molecule has 14 heavy (non-hydrogen) atoms. The standard InChI is InChI=1S/C10H12N2O2/c1-14-9-3-2-8-7-11-12(4-5-13)10(8)6-9/h2-3,6-7,13H,4-5H2,1H3. The number of rotatable bonds is 3. The highest BCUT2D eigenvalue weighted by atomic mass is 16.5. The van der Waals surface area contributed by atoms with Crippen molar-refractivity contribution in [1.29, 1.82) is 0 Å². The molecule has 2 aromatic rings. The summed E-state index contributed by atoms with van der Waals surface area (Å²) in [7, 11) is 1.63. The molecular weight excluding hydrogens is 180 g/mol. The van der Waals surface area contributed by atoms with Crippen molar-refractivity contribution in [3.63, 3.8) is 0 Å². The first kappa shape index (κ1) is 9.02. The first-order valence-corrected chi connectivity index (χ1v) is 4.45. The first-order chi connectivity index (χ1) is 6.85. The average Bonchev–Trinajstić information content (AvgIpc) is 2.61. The smallest absolute Gasteiger partial charge is 0.121 e. The van der Waals surface area contributed by atoms with Crippen molar-refractivity contribution in [3.05, 3.63) is 24.4 Å². The molecule has 0 fully saturated rings. The molecule has 1 heterocycles. The zero-order valence-corrected chi connectivity index (χ0v) is 7.97. The minimum absolute atomic E-state index is 0.0913. The topological polar surface area (TPSA) is 47.3 Å². The molecule has 0 spiro atoms. The van der Waals surface area contributed by atoms with Crippen LogP contribution in [0.25, 0.3) is 10.9 Å². The molecular formula is C10H12N2O2. The van der Waals surface area contributed by atoms with E-state index < -0.39 is 0 Å². The molecule has 1 N–H and O–H groups in total. The minimum Gasteiger partial charge on any atom is -0.497 e. The Bertz CT molecular complexity index is 437. The Kier molecular flexibility index (Phi) is 2.37. The lowest BCUT2D eigenvalue weighted by molar-refractivity contribution is 0.271. The van der Waals surface area contributed by atoms with Gasteiger partial charge in [-0.2, -0.15) is 5.10 Å².